The van der Waals surface area contributed by atoms with Gasteiger partial charge in [0, 0.05) is 27.9 Å². The second-order valence-electron chi connectivity index (χ2n) is 9.20. The number of fused-ring (bicyclic) bond motifs is 1. The molecule has 1 saturated heterocycles. The number of H-pyrrole nitrogens is 1. The molecule has 0 bridgehead atoms. The van der Waals surface area contributed by atoms with E-state index in [0.717, 1.165) is 16.0 Å². The number of β-lactam (4-membered cyclic amide) rings is 1. The number of hydrogen-bond acceptors (Lipinski definition) is 10. The predicted molar refractivity (Wildman–Crippen MR) is 160 cm³/mol. The molecule has 2 amide bonds. The van der Waals surface area contributed by atoms with Crippen LogP contribution >= 0.6 is 35.3 Å². The molecular weight excluding hydrogens is 593 g/mol. The van der Waals surface area contributed by atoms with Gasteiger partial charge in [-0.1, -0.05) is 72.4 Å². The molecule has 0 spiro atoms. The Balaban J connectivity index is 1.24. The molecule has 4 aromatic rings. The maximum Gasteiger partial charge on any atom is 0.356 e. The third-order valence-corrected chi connectivity index (χ3v) is 9.95. The lowest BCUT2D eigenvalue weighted by Crippen LogP contribution is -2.70. The van der Waals surface area contributed by atoms with Gasteiger partial charge in [-0.3, -0.25) is 24.6 Å². The Morgan fingerprint density at radius 1 is 1.05 bits per heavy atom. The number of aromatic nitrogens is 4. The molecule has 2 atom stereocenters. The minimum atomic E-state index is -0.751. The summed E-state index contributed by atoms with van der Waals surface area (Å²) in [6.07, 6.45) is 4.01. The first-order valence-electron chi connectivity index (χ1n) is 12.9. The maximum absolute atomic E-state index is 14.0. The molecule has 2 aromatic carbocycles. The first kappa shape index (κ1) is 28.1. The summed E-state index contributed by atoms with van der Waals surface area (Å²) >= 11 is 4.06. The number of carbonyl (C=O) groups is 3. The number of rotatable bonds is 10. The number of pyridine rings is 1. The maximum atomic E-state index is 14.0. The fourth-order valence-electron chi connectivity index (χ4n) is 4.56. The van der Waals surface area contributed by atoms with E-state index in [4.69, 9.17) is 4.74 Å². The summed E-state index contributed by atoms with van der Waals surface area (Å²) in [5.74, 6) is -0.694. The van der Waals surface area contributed by atoms with E-state index in [2.05, 4.69) is 25.5 Å². The van der Waals surface area contributed by atoms with E-state index in [1.165, 1.54) is 46.5 Å². The van der Waals surface area contributed by atoms with Crippen LogP contribution in [0, 0.1) is 0 Å². The largest absolute Gasteiger partial charge is 0.448 e. The highest BCUT2D eigenvalue weighted by Gasteiger charge is 2.55. The molecule has 2 aliphatic heterocycles. The van der Waals surface area contributed by atoms with Crippen LogP contribution in [0.25, 0.3) is 0 Å². The van der Waals surface area contributed by atoms with Gasteiger partial charge < -0.3 is 10.1 Å². The van der Waals surface area contributed by atoms with Gasteiger partial charge in [-0.05, 0) is 23.3 Å². The number of ether oxygens (including phenoxy) is 1. The summed E-state index contributed by atoms with van der Waals surface area (Å²) in [6, 6.07) is 21.8. The van der Waals surface area contributed by atoms with Crippen LogP contribution in [0.1, 0.15) is 17.2 Å². The number of hydrogen-bond donors (Lipinski definition) is 2. The van der Waals surface area contributed by atoms with Gasteiger partial charge in [0.05, 0.1) is 5.75 Å². The summed E-state index contributed by atoms with van der Waals surface area (Å²) in [7, 11) is 0. The SMILES string of the molecule is O=C(CSc1ccncc1)N[C@@H]1C(=O)N2C(C(=O)OC(c3ccccc3)c3ccccc3)=C(Sc3ncn[nH]3)CS[C@@H]12. The summed E-state index contributed by atoms with van der Waals surface area (Å²) in [4.78, 5) is 51.3. The lowest BCUT2D eigenvalue weighted by Gasteiger charge is -2.49. The van der Waals surface area contributed by atoms with Gasteiger partial charge in [-0.2, -0.15) is 5.10 Å². The number of benzene rings is 2. The third-order valence-electron chi connectivity index (χ3n) is 6.51. The molecule has 0 aliphatic carbocycles. The molecule has 0 saturated carbocycles. The molecule has 212 valence electrons. The average molecular weight is 617 g/mol. The topological polar surface area (TPSA) is 130 Å². The fourth-order valence-corrected chi connectivity index (χ4v) is 7.60. The molecule has 2 N–H and O–H groups in total. The van der Waals surface area contributed by atoms with Crippen LogP contribution in [0.15, 0.2) is 112 Å². The van der Waals surface area contributed by atoms with Gasteiger partial charge in [0.1, 0.15) is 23.4 Å². The summed E-state index contributed by atoms with van der Waals surface area (Å²) in [5, 5.41) is 9.59. The van der Waals surface area contributed by atoms with Crippen LogP contribution in [-0.4, -0.2) is 65.8 Å². The van der Waals surface area contributed by atoms with Crippen LogP contribution in [0.2, 0.25) is 0 Å². The van der Waals surface area contributed by atoms with E-state index in [1.54, 1.807) is 12.4 Å². The van der Waals surface area contributed by atoms with Crippen molar-refractivity contribution in [3.8, 4) is 0 Å². The number of esters is 1. The Bertz CT molecular complexity index is 1550. The van der Waals surface area contributed by atoms with Crippen LogP contribution in [0.5, 0.6) is 0 Å². The van der Waals surface area contributed by atoms with Gasteiger partial charge >= 0.3 is 5.97 Å². The lowest BCUT2D eigenvalue weighted by molar-refractivity contribution is -0.154. The molecule has 10 nitrogen and oxygen atoms in total. The summed E-state index contributed by atoms with van der Waals surface area (Å²) in [5.41, 5.74) is 1.75. The van der Waals surface area contributed by atoms with E-state index in [9.17, 15) is 14.4 Å². The van der Waals surface area contributed by atoms with Crippen molar-refractivity contribution >= 4 is 53.1 Å². The molecule has 6 rings (SSSR count). The zero-order valence-electron chi connectivity index (χ0n) is 22.0. The molecule has 4 heterocycles. The van der Waals surface area contributed by atoms with Crippen molar-refractivity contribution < 1.29 is 19.1 Å². The first-order valence-corrected chi connectivity index (χ1v) is 15.8. The van der Waals surface area contributed by atoms with Crippen LogP contribution in [-0.2, 0) is 19.1 Å². The number of aromatic amines is 1. The number of carbonyl (C=O) groups excluding carboxylic acids is 3. The van der Waals surface area contributed by atoms with E-state index < -0.39 is 23.5 Å². The highest BCUT2D eigenvalue weighted by molar-refractivity contribution is 8.06. The quantitative estimate of drug-likeness (QED) is 0.153. The highest BCUT2D eigenvalue weighted by Crippen LogP contribution is 2.45. The predicted octanol–water partition coefficient (Wildman–Crippen LogP) is 4.03. The number of nitrogens with zero attached hydrogens (tertiary/aromatic N) is 4. The van der Waals surface area contributed by atoms with Crippen molar-refractivity contribution in [2.45, 2.75) is 27.6 Å². The average Bonchev–Trinajstić information content (AvgIpc) is 3.55. The lowest BCUT2D eigenvalue weighted by atomic mass is 10.0. The Morgan fingerprint density at radius 3 is 2.38 bits per heavy atom. The first-order chi connectivity index (χ1) is 20.6. The number of nitrogens with one attached hydrogen (secondary N) is 2. The van der Waals surface area contributed by atoms with Crippen molar-refractivity contribution in [1.82, 2.24) is 30.4 Å². The zero-order valence-corrected chi connectivity index (χ0v) is 24.4. The number of thioether (sulfide) groups is 3. The van der Waals surface area contributed by atoms with Crippen molar-refractivity contribution in [2.75, 3.05) is 11.5 Å². The summed E-state index contributed by atoms with van der Waals surface area (Å²) in [6.45, 7) is 0. The van der Waals surface area contributed by atoms with Gasteiger partial charge in [-0.15, -0.1) is 23.5 Å². The molecule has 13 heteroatoms. The number of amides is 2. The van der Waals surface area contributed by atoms with E-state index in [0.29, 0.717) is 15.8 Å². The van der Waals surface area contributed by atoms with E-state index in [1.807, 2.05) is 72.8 Å². The molecule has 42 heavy (non-hydrogen) atoms. The Labute approximate surface area is 254 Å². The van der Waals surface area contributed by atoms with Crippen molar-refractivity contribution in [3.05, 3.63) is 113 Å². The molecule has 1 fully saturated rings. The smallest absolute Gasteiger partial charge is 0.356 e. The summed E-state index contributed by atoms with van der Waals surface area (Å²) < 4.78 is 6.16. The van der Waals surface area contributed by atoms with Crippen molar-refractivity contribution in [2.24, 2.45) is 0 Å². The second-order valence-corrected chi connectivity index (χ2v) is 12.4. The molecular formula is C29H24N6O4S3. The normalized spacial score (nSPS) is 17.9. The van der Waals surface area contributed by atoms with Crippen LogP contribution in [0.4, 0.5) is 0 Å². The Morgan fingerprint density at radius 2 is 1.74 bits per heavy atom. The monoisotopic (exact) mass is 616 g/mol. The molecule has 2 aromatic heterocycles. The van der Waals surface area contributed by atoms with Gasteiger partial charge in [0.15, 0.2) is 11.3 Å². The molecule has 2 aliphatic rings. The minimum Gasteiger partial charge on any atom is -0.448 e. The zero-order chi connectivity index (χ0) is 28.9. The Hall–Kier alpha value is -4.07. The highest BCUT2D eigenvalue weighted by atomic mass is 32.2. The van der Waals surface area contributed by atoms with Gasteiger partial charge in [0.2, 0.25) is 5.91 Å². The molecule has 0 radical (unpaired) electrons. The van der Waals surface area contributed by atoms with E-state index >= 15 is 0 Å². The van der Waals surface area contributed by atoms with Crippen LogP contribution < -0.4 is 5.32 Å². The van der Waals surface area contributed by atoms with Crippen molar-refractivity contribution in [1.29, 1.82) is 0 Å². The Kier molecular flexibility index (Phi) is 8.58. The van der Waals surface area contributed by atoms with Gasteiger partial charge in [0.25, 0.3) is 5.91 Å². The second kappa shape index (κ2) is 12.8. The third kappa shape index (κ3) is 6.08. The van der Waals surface area contributed by atoms with Gasteiger partial charge in [-0.25, -0.2) is 9.78 Å². The minimum absolute atomic E-state index is 0.151. The van der Waals surface area contributed by atoms with E-state index in [-0.39, 0.29) is 23.3 Å². The molecule has 0 unspecified atom stereocenters. The fraction of sp³-hybridized carbons (Fsp3) is 0.172. The van der Waals surface area contributed by atoms with Crippen LogP contribution in [0.3, 0.4) is 0 Å². The standard InChI is InChI=1S/C29H24N6O4S3/c36-22(16-40-20-11-13-30-14-12-20)33-23-26(37)35-24(21(15-41-27(23)35)42-29-31-17-32-34-29)28(38)39-25(18-7-3-1-4-8-18)19-9-5-2-6-10-19/h1-14,17,23,25,27H,15-16H2,(H,33,36)(H,31,32,34)/t23-,27+/m1/s1. The van der Waals surface area contributed by atoms with Crippen molar-refractivity contribution in [3.63, 3.8) is 0 Å².